The van der Waals surface area contributed by atoms with Crippen molar-refractivity contribution >= 4 is 35.2 Å². The molecule has 1 N–H and O–H groups in total. The van der Waals surface area contributed by atoms with E-state index in [1.54, 1.807) is 43.3 Å². The lowest BCUT2D eigenvalue weighted by Gasteiger charge is -2.20. The smallest absolute Gasteiger partial charge is 0.247 e. The van der Waals surface area contributed by atoms with E-state index in [0.29, 0.717) is 59.0 Å². The second-order valence-electron chi connectivity index (χ2n) is 6.83. The molecule has 31 heavy (non-hydrogen) atoms. The molecule has 0 spiro atoms. The van der Waals surface area contributed by atoms with Gasteiger partial charge in [-0.2, -0.15) is 0 Å². The third-order valence-electron chi connectivity index (χ3n) is 4.72. The molecule has 2 aromatic carbocycles. The summed E-state index contributed by atoms with van der Waals surface area (Å²) in [6.45, 7) is 3.17. The van der Waals surface area contributed by atoms with Crippen LogP contribution in [-0.4, -0.2) is 49.8 Å². The molecule has 0 unspecified atom stereocenters. The van der Waals surface area contributed by atoms with Crippen LogP contribution in [0.25, 0.3) is 6.08 Å². The molecule has 0 saturated carbocycles. The van der Waals surface area contributed by atoms with E-state index in [2.05, 4.69) is 5.32 Å². The van der Waals surface area contributed by atoms with Crippen molar-refractivity contribution in [2.45, 2.75) is 6.92 Å². The summed E-state index contributed by atoms with van der Waals surface area (Å²) in [5.41, 5.74) is 1.27. The van der Waals surface area contributed by atoms with Gasteiger partial charge in [-0.1, -0.05) is 11.6 Å². The number of ether oxygens (including phenoxy) is 4. The molecule has 2 aliphatic rings. The zero-order valence-corrected chi connectivity index (χ0v) is 17.6. The summed E-state index contributed by atoms with van der Waals surface area (Å²) in [6, 6.07) is 8.60. The summed E-state index contributed by atoms with van der Waals surface area (Å²) < 4.78 is 21.6. The van der Waals surface area contributed by atoms with Crippen LogP contribution in [0.3, 0.4) is 0 Å². The summed E-state index contributed by atoms with van der Waals surface area (Å²) in [7, 11) is 0. The lowest BCUT2D eigenvalue weighted by atomic mass is 10.2. The highest BCUT2D eigenvalue weighted by Crippen LogP contribution is 2.40. The van der Waals surface area contributed by atoms with Gasteiger partial charge in [-0.25, -0.2) is 0 Å². The first-order valence-corrected chi connectivity index (χ1v) is 10.2. The van der Waals surface area contributed by atoms with Crippen molar-refractivity contribution < 1.29 is 28.5 Å². The van der Waals surface area contributed by atoms with E-state index in [0.717, 1.165) is 0 Å². The number of halogens is 1. The first-order valence-electron chi connectivity index (χ1n) is 9.79. The number of hydrogen-bond donors (Lipinski definition) is 1. The van der Waals surface area contributed by atoms with Crippen LogP contribution in [-0.2, 0) is 9.59 Å². The van der Waals surface area contributed by atoms with Crippen LogP contribution < -0.4 is 24.3 Å². The third kappa shape index (κ3) is 4.86. The molecule has 8 nitrogen and oxygen atoms in total. The fraction of sp³-hybridized carbons (Fsp3) is 0.273. The largest absolute Gasteiger partial charge is 0.486 e. The van der Waals surface area contributed by atoms with Gasteiger partial charge in [-0.3, -0.25) is 9.59 Å². The van der Waals surface area contributed by atoms with Crippen molar-refractivity contribution in [2.75, 3.05) is 38.4 Å². The molecule has 0 saturated heterocycles. The molecule has 2 amide bonds. The van der Waals surface area contributed by atoms with Gasteiger partial charge in [-0.05, 0) is 42.8 Å². The maximum Gasteiger partial charge on any atom is 0.247 e. The standard InChI is InChI=1S/C22H21ClN2O6/c1-2-25(12-20(26)24-15-4-5-17-18(11-15)29-8-7-28-17)21(27)6-3-14-9-16(23)22-19(10-14)30-13-31-22/h3-6,9-11H,2,7-8,12-13H2,1H3,(H,24,26)/b6-3+. The predicted molar refractivity (Wildman–Crippen MR) is 115 cm³/mol. The van der Waals surface area contributed by atoms with Gasteiger partial charge in [0.1, 0.15) is 19.8 Å². The molecule has 2 aliphatic heterocycles. The average molecular weight is 445 g/mol. The molecule has 0 aliphatic carbocycles. The summed E-state index contributed by atoms with van der Waals surface area (Å²) in [6.07, 6.45) is 3.02. The minimum absolute atomic E-state index is 0.0873. The van der Waals surface area contributed by atoms with Gasteiger partial charge in [0, 0.05) is 24.4 Å². The van der Waals surface area contributed by atoms with Crippen molar-refractivity contribution in [3.63, 3.8) is 0 Å². The van der Waals surface area contributed by atoms with Crippen LogP contribution >= 0.6 is 11.6 Å². The first-order chi connectivity index (χ1) is 15.0. The van der Waals surface area contributed by atoms with E-state index < -0.39 is 0 Å². The number of benzene rings is 2. The normalized spacial score (nSPS) is 13.9. The fourth-order valence-electron chi connectivity index (χ4n) is 3.20. The van der Waals surface area contributed by atoms with Crippen LogP contribution in [0.15, 0.2) is 36.4 Å². The highest BCUT2D eigenvalue weighted by atomic mass is 35.5. The second-order valence-corrected chi connectivity index (χ2v) is 7.24. The number of amides is 2. The topological polar surface area (TPSA) is 86.3 Å². The Labute approximate surface area is 184 Å². The molecule has 162 valence electrons. The van der Waals surface area contributed by atoms with Gasteiger partial charge >= 0.3 is 0 Å². The highest BCUT2D eigenvalue weighted by Gasteiger charge is 2.19. The quantitative estimate of drug-likeness (QED) is 0.688. The predicted octanol–water partition coefficient (Wildman–Crippen LogP) is 3.34. The molecular formula is C22H21ClN2O6. The lowest BCUT2D eigenvalue weighted by molar-refractivity contribution is -0.130. The summed E-state index contributed by atoms with van der Waals surface area (Å²) >= 11 is 6.17. The van der Waals surface area contributed by atoms with Crippen molar-refractivity contribution in [3.8, 4) is 23.0 Å². The van der Waals surface area contributed by atoms with Crippen LogP contribution in [0, 0.1) is 0 Å². The van der Waals surface area contributed by atoms with Gasteiger partial charge in [0.2, 0.25) is 18.6 Å². The number of nitrogens with zero attached hydrogens (tertiary/aromatic N) is 1. The maximum atomic E-state index is 12.6. The summed E-state index contributed by atoms with van der Waals surface area (Å²) in [4.78, 5) is 26.5. The Morgan fingerprint density at radius 2 is 1.87 bits per heavy atom. The average Bonchev–Trinajstić information content (AvgIpc) is 3.25. The van der Waals surface area contributed by atoms with Crippen LogP contribution in [0.5, 0.6) is 23.0 Å². The number of likely N-dealkylation sites (N-methyl/N-ethyl adjacent to an activating group) is 1. The Morgan fingerprint density at radius 3 is 2.68 bits per heavy atom. The number of anilines is 1. The van der Waals surface area contributed by atoms with Gasteiger partial charge < -0.3 is 29.2 Å². The Kier molecular flexibility index (Phi) is 6.18. The first kappa shape index (κ1) is 20.9. The third-order valence-corrected chi connectivity index (χ3v) is 5.00. The second kappa shape index (κ2) is 9.18. The molecule has 0 aromatic heterocycles. The van der Waals surface area contributed by atoms with Crippen molar-refractivity contribution in [3.05, 3.63) is 47.0 Å². The van der Waals surface area contributed by atoms with E-state index >= 15 is 0 Å². The van der Waals surface area contributed by atoms with Gasteiger partial charge in [0.15, 0.2) is 23.0 Å². The molecule has 9 heteroatoms. The molecule has 2 aromatic rings. The van der Waals surface area contributed by atoms with Gasteiger partial charge in [0.05, 0.1) is 5.02 Å². The van der Waals surface area contributed by atoms with E-state index in [-0.39, 0.29) is 25.2 Å². The summed E-state index contributed by atoms with van der Waals surface area (Å²) in [5, 5.41) is 3.19. The van der Waals surface area contributed by atoms with Crippen LogP contribution in [0.2, 0.25) is 5.02 Å². The van der Waals surface area contributed by atoms with Crippen LogP contribution in [0.1, 0.15) is 12.5 Å². The number of rotatable bonds is 6. The highest BCUT2D eigenvalue weighted by molar-refractivity contribution is 6.32. The molecule has 0 bridgehead atoms. The van der Waals surface area contributed by atoms with Gasteiger partial charge in [-0.15, -0.1) is 0 Å². The van der Waals surface area contributed by atoms with Crippen molar-refractivity contribution in [1.82, 2.24) is 4.90 Å². The molecule has 0 atom stereocenters. The van der Waals surface area contributed by atoms with Crippen LogP contribution in [0.4, 0.5) is 5.69 Å². The van der Waals surface area contributed by atoms with E-state index in [1.165, 1.54) is 11.0 Å². The minimum Gasteiger partial charge on any atom is -0.486 e. The molecule has 0 radical (unpaired) electrons. The monoisotopic (exact) mass is 444 g/mol. The zero-order chi connectivity index (χ0) is 21.8. The fourth-order valence-corrected chi connectivity index (χ4v) is 3.47. The number of fused-ring (bicyclic) bond motifs is 2. The minimum atomic E-state index is -0.314. The Bertz CT molecular complexity index is 1040. The number of carbonyl (C=O) groups is 2. The maximum absolute atomic E-state index is 12.6. The van der Waals surface area contributed by atoms with Gasteiger partial charge in [0.25, 0.3) is 0 Å². The Morgan fingerprint density at radius 1 is 1.06 bits per heavy atom. The van der Waals surface area contributed by atoms with Crippen molar-refractivity contribution in [2.24, 2.45) is 0 Å². The SMILES string of the molecule is CCN(CC(=O)Nc1ccc2c(c1)OCCO2)C(=O)/C=C/c1cc(Cl)c2c(c1)OCO2. The number of carbonyl (C=O) groups excluding carboxylic acids is 2. The summed E-state index contributed by atoms with van der Waals surface area (Å²) in [5.74, 6) is 1.64. The molecule has 0 fully saturated rings. The Balaban J connectivity index is 1.37. The lowest BCUT2D eigenvalue weighted by Crippen LogP contribution is -2.36. The Hall–Kier alpha value is -3.39. The van der Waals surface area contributed by atoms with E-state index in [1.807, 2.05) is 0 Å². The molecule has 4 rings (SSSR count). The van der Waals surface area contributed by atoms with E-state index in [4.69, 9.17) is 30.5 Å². The molecular weight excluding hydrogens is 424 g/mol. The molecule has 2 heterocycles. The van der Waals surface area contributed by atoms with E-state index in [9.17, 15) is 9.59 Å². The zero-order valence-electron chi connectivity index (χ0n) is 16.9. The van der Waals surface area contributed by atoms with Crippen molar-refractivity contribution in [1.29, 1.82) is 0 Å². The number of hydrogen-bond acceptors (Lipinski definition) is 6. The number of nitrogens with one attached hydrogen (secondary N) is 1.